The molecule has 2 N–H and O–H groups in total. The molecule has 1 nitrogen and oxygen atoms in total. The number of hydrogen-bond acceptors (Lipinski definition) is 2. The number of fused-ring (bicyclic) bond motifs is 1. The molecule has 0 saturated heterocycles. The summed E-state index contributed by atoms with van der Waals surface area (Å²) < 4.78 is 0. The molecule has 3 aromatic carbocycles. The topological polar surface area (TPSA) is 26.0 Å². The van der Waals surface area contributed by atoms with Crippen molar-refractivity contribution in [1.29, 1.82) is 0 Å². The van der Waals surface area contributed by atoms with Gasteiger partial charge in [-0.1, -0.05) is 59.8 Å². The summed E-state index contributed by atoms with van der Waals surface area (Å²) in [6, 6.07) is 21.0. The van der Waals surface area contributed by atoms with E-state index in [4.69, 9.17) is 5.73 Å². The Morgan fingerprint density at radius 1 is 0.842 bits per heavy atom. The standard InChI is InChI=1S/C17H15NS/c1-12-6-9-14(10-7-12)19-17-15-5-3-2-4-13(15)8-11-16(17)18/h2-11H,18H2,1H3. The van der Waals surface area contributed by atoms with Crippen molar-refractivity contribution in [2.45, 2.75) is 16.7 Å². The zero-order valence-corrected chi connectivity index (χ0v) is 11.6. The largest absolute Gasteiger partial charge is 0.398 e. The van der Waals surface area contributed by atoms with E-state index >= 15 is 0 Å². The fourth-order valence-corrected chi connectivity index (χ4v) is 3.09. The van der Waals surface area contributed by atoms with Crippen LogP contribution in [0.5, 0.6) is 0 Å². The highest BCUT2D eigenvalue weighted by molar-refractivity contribution is 7.99. The average Bonchev–Trinajstić information content (AvgIpc) is 2.44. The van der Waals surface area contributed by atoms with Gasteiger partial charge < -0.3 is 5.73 Å². The molecular formula is C17H15NS. The molecule has 0 radical (unpaired) electrons. The zero-order valence-electron chi connectivity index (χ0n) is 10.8. The van der Waals surface area contributed by atoms with E-state index in [2.05, 4.69) is 61.5 Å². The third-order valence-electron chi connectivity index (χ3n) is 3.15. The number of aryl methyl sites for hydroxylation is 1. The van der Waals surface area contributed by atoms with Crippen LogP contribution in [0.25, 0.3) is 10.8 Å². The van der Waals surface area contributed by atoms with Crippen LogP contribution in [0, 0.1) is 6.92 Å². The van der Waals surface area contributed by atoms with Crippen LogP contribution >= 0.6 is 11.8 Å². The van der Waals surface area contributed by atoms with Gasteiger partial charge >= 0.3 is 0 Å². The normalized spacial score (nSPS) is 10.8. The molecule has 0 atom stereocenters. The van der Waals surface area contributed by atoms with Gasteiger partial charge in [-0.05, 0) is 35.9 Å². The van der Waals surface area contributed by atoms with Crippen molar-refractivity contribution in [3.8, 4) is 0 Å². The highest BCUT2D eigenvalue weighted by Crippen LogP contribution is 2.37. The first-order valence-corrected chi connectivity index (χ1v) is 7.07. The Balaban J connectivity index is 2.09. The van der Waals surface area contributed by atoms with Gasteiger partial charge in [-0.25, -0.2) is 0 Å². The summed E-state index contributed by atoms with van der Waals surface area (Å²) in [6.45, 7) is 2.10. The van der Waals surface area contributed by atoms with Crippen LogP contribution in [0.2, 0.25) is 0 Å². The highest BCUT2D eigenvalue weighted by Gasteiger charge is 2.07. The first-order valence-electron chi connectivity index (χ1n) is 6.26. The third kappa shape index (κ3) is 2.45. The van der Waals surface area contributed by atoms with Crippen LogP contribution in [0.3, 0.4) is 0 Å². The molecule has 0 spiro atoms. The summed E-state index contributed by atoms with van der Waals surface area (Å²) in [5.74, 6) is 0. The van der Waals surface area contributed by atoms with Crippen molar-refractivity contribution < 1.29 is 0 Å². The number of nitrogens with two attached hydrogens (primary N) is 1. The molecule has 0 aliphatic heterocycles. The van der Waals surface area contributed by atoms with E-state index in [1.54, 1.807) is 11.8 Å². The van der Waals surface area contributed by atoms with Crippen molar-refractivity contribution >= 4 is 28.2 Å². The van der Waals surface area contributed by atoms with E-state index in [1.807, 2.05) is 6.07 Å². The second kappa shape index (κ2) is 4.98. The molecule has 0 amide bonds. The van der Waals surface area contributed by atoms with Gasteiger partial charge in [-0.15, -0.1) is 0 Å². The van der Waals surface area contributed by atoms with Gasteiger partial charge in [0.1, 0.15) is 0 Å². The Labute approximate surface area is 117 Å². The zero-order chi connectivity index (χ0) is 13.2. The van der Waals surface area contributed by atoms with Crippen LogP contribution < -0.4 is 5.73 Å². The number of benzene rings is 3. The quantitative estimate of drug-likeness (QED) is 0.668. The van der Waals surface area contributed by atoms with Gasteiger partial charge in [-0.2, -0.15) is 0 Å². The van der Waals surface area contributed by atoms with Crippen molar-refractivity contribution in [3.05, 3.63) is 66.2 Å². The SMILES string of the molecule is Cc1ccc(Sc2c(N)ccc3ccccc23)cc1. The number of hydrogen-bond donors (Lipinski definition) is 1. The molecule has 3 aromatic rings. The lowest BCUT2D eigenvalue weighted by Crippen LogP contribution is -1.89. The van der Waals surface area contributed by atoms with Crippen molar-refractivity contribution in [2.75, 3.05) is 5.73 Å². The van der Waals surface area contributed by atoms with Crippen molar-refractivity contribution in [3.63, 3.8) is 0 Å². The summed E-state index contributed by atoms with van der Waals surface area (Å²) in [7, 11) is 0. The molecule has 0 aliphatic rings. The van der Waals surface area contributed by atoms with Crippen LogP contribution in [0.1, 0.15) is 5.56 Å². The molecule has 0 aliphatic carbocycles. The van der Waals surface area contributed by atoms with E-state index < -0.39 is 0 Å². The Morgan fingerprint density at radius 3 is 2.37 bits per heavy atom. The van der Waals surface area contributed by atoms with E-state index in [-0.39, 0.29) is 0 Å². The molecule has 3 rings (SSSR count). The molecule has 0 aromatic heterocycles. The second-order valence-electron chi connectivity index (χ2n) is 4.62. The molecule has 94 valence electrons. The minimum Gasteiger partial charge on any atom is -0.398 e. The van der Waals surface area contributed by atoms with Gasteiger partial charge in [0.25, 0.3) is 0 Å². The van der Waals surface area contributed by atoms with E-state index in [0.717, 1.165) is 10.6 Å². The lowest BCUT2D eigenvalue weighted by molar-refractivity contribution is 1.37. The summed E-state index contributed by atoms with van der Waals surface area (Å²) in [5, 5.41) is 2.44. The number of nitrogen functional groups attached to an aromatic ring is 1. The smallest absolute Gasteiger partial charge is 0.0462 e. The van der Waals surface area contributed by atoms with Crippen molar-refractivity contribution in [1.82, 2.24) is 0 Å². The molecule has 2 heteroatoms. The Morgan fingerprint density at radius 2 is 1.58 bits per heavy atom. The summed E-state index contributed by atoms with van der Waals surface area (Å²) in [6.07, 6.45) is 0. The van der Waals surface area contributed by atoms with Crippen LogP contribution in [-0.2, 0) is 0 Å². The van der Waals surface area contributed by atoms with Gasteiger partial charge in [0.15, 0.2) is 0 Å². The van der Waals surface area contributed by atoms with Crippen molar-refractivity contribution in [2.24, 2.45) is 0 Å². The monoisotopic (exact) mass is 265 g/mol. The van der Waals surface area contributed by atoms with Crippen LogP contribution in [0.4, 0.5) is 5.69 Å². The molecule has 0 bridgehead atoms. The predicted molar refractivity (Wildman–Crippen MR) is 83.7 cm³/mol. The van der Waals surface area contributed by atoms with Gasteiger partial charge in [-0.3, -0.25) is 0 Å². The minimum atomic E-state index is 0.837. The van der Waals surface area contributed by atoms with E-state index in [0.29, 0.717) is 0 Å². The predicted octanol–water partition coefficient (Wildman–Crippen LogP) is 4.88. The first kappa shape index (κ1) is 12.1. The van der Waals surface area contributed by atoms with Crippen LogP contribution in [-0.4, -0.2) is 0 Å². The second-order valence-corrected chi connectivity index (χ2v) is 5.70. The number of rotatable bonds is 2. The lowest BCUT2D eigenvalue weighted by Gasteiger charge is -2.09. The minimum absolute atomic E-state index is 0.837. The Bertz CT molecular complexity index is 717. The molecule has 0 fully saturated rings. The fraction of sp³-hybridized carbons (Fsp3) is 0.0588. The lowest BCUT2D eigenvalue weighted by atomic mass is 10.1. The highest BCUT2D eigenvalue weighted by atomic mass is 32.2. The molecule has 0 saturated carbocycles. The summed E-state index contributed by atoms with van der Waals surface area (Å²) >= 11 is 1.73. The summed E-state index contributed by atoms with van der Waals surface area (Å²) in [4.78, 5) is 2.36. The van der Waals surface area contributed by atoms with E-state index in [1.165, 1.54) is 21.2 Å². The maximum absolute atomic E-state index is 6.14. The molecule has 19 heavy (non-hydrogen) atoms. The first-order chi connectivity index (χ1) is 9.24. The molecule has 0 heterocycles. The Hall–Kier alpha value is -1.93. The average molecular weight is 265 g/mol. The fourth-order valence-electron chi connectivity index (χ4n) is 2.10. The van der Waals surface area contributed by atoms with Gasteiger partial charge in [0.05, 0.1) is 0 Å². The van der Waals surface area contributed by atoms with Crippen LogP contribution in [0.15, 0.2) is 70.5 Å². The molecule has 0 unspecified atom stereocenters. The maximum Gasteiger partial charge on any atom is 0.0462 e. The summed E-state index contributed by atoms with van der Waals surface area (Å²) in [5.41, 5.74) is 8.25. The Kier molecular flexibility index (Phi) is 3.18. The van der Waals surface area contributed by atoms with E-state index in [9.17, 15) is 0 Å². The third-order valence-corrected chi connectivity index (χ3v) is 4.32. The van der Waals surface area contributed by atoms with Gasteiger partial charge in [0.2, 0.25) is 0 Å². The molecular weight excluding hydrogens is 250 g/mol. The van der Waals surface area contributed by atoms with Gasteiger partial charge in [0, 0.05) is 15.5 Å². The maximum atomic E-state index is 6.14. The number of anilines is 1.